The molecule has 0 aliphatic carbocycles. The van der Waals surface area contributed by atoms with Crippen molar-refractivity contribution < 1.29 is 41.1 Å². The van der Waals surface area contributed by atoms with E-state index in [-0.39, 0.29) is 10.7 Å². The zero-order chi connectivity index (χ0) is 21.9. The summed E-state index contributed by atoms with van der Waals surface area (Å²) in [7, 11) is 0. The van der Waals surface area contributed by atoms with Crippen molar-refractivity contribution in [1.82, 2.24) is 5.48 Å². The lowest BCUT2D eigenvalue weighted by Crippen LogP contribution is -2.37. The topological polar surface area (TPSA) is 70.6 Å². The number of halogens is 8. The van der Waals surface area contributed by atoms with E-state index in [0.29, 0.717) is 9.64 Å². The van der Waals surface area contributed by atoms with Crippen molar-refractivity contribution >= 4 is 51.5 Å². The van der Waals surface area contributed by atoms with Gasteiger partial charge in [0.25, 0.3) is 5.91 Å². The monoisotopic (exact) mass is 554 g/mol. The van der Waals surface area contributed by atoms with E-state index in [4.69, 9.17) is 16.7 Å². The first kappa shape index (κ1) is 23.5. The van der Waals surface area contributed by atoms with Crippen LogP contribution < -0.4 is 10.8 Å². The van der Waals surface area contributed by atoms with Gasteiger partial charge in [0.15, 0.2) is 23.6 Å². The first-order valence-electron chi connectivity index (χ1n) is 7.48. The van der Waals surface area contributed by atoms with Crippen LogP contribution in [0.25, 0.3) is 0 Å². The summed E-state index contributed by atoms with van der Waals surface area (Å²) in [6.45, 7) is -1.38. The van der Waals surface area contributed by atoms with Gasteiger partial charge in [-0.3, -0.25) is 9.63 Å². The lowest BCUT2D eigenvalue weighted by atomic mass is 10.1. The molecule has 0 spiro atoms. The van der Waals surface area contributed by atoms with Crippen molar-refractivity contribution in [2.75, 3.05) is 11.9 Å². The molecule has 2 rings (SSSR count). The van der Waals surface area contributed by atoms with Gasteiger partial charge in [0.1, 0.15) is 6.61 Å². The molecule has 13 heteroatoms. The normalized spacial score (nSPS) is 12.6. The zero-order valence-electron chi connectivity index (χ0n) is 13.9. The predicted octanol–water partition coefficient (Wildman–Crippen LogP) is 4.69. The molecule has 1 atom stereocenters. The van der Waals surface area contributed by atoms with E-state index >= 15 is 0 Å². The summed E-state index contributed by atoms with van der Waals surface area (Å²) in [6.07, 6.45) is -7.92. The van der Waals surface area contributed by atoms with Crippen LogP contribution >= 0.6 is 34.2 Å². The number of amides is 1. The SMILES string of the molecule is O=C(NOCC(O)C(F)(F)F)c1cc(F)c(F)c(F)c1Nc1ccc(I)cc1Cl. The number of aliphatic hydroxyl groups excluding tert-OH is 1. The van der Waals surface area contributed by atoms with Crippen LogP contribution in [-0.4, -0.2) is 29.9 Å². The second-order valence-corrected chi connectivity index (χ2v) is 7.11. The number of carbonyl (C=O) groups excluding carboxylic acids is 1. The van der Waals surface area contributed by atoms with Crippen LogP contribution in [-0.2, 0) is 4.84 Å². The van der Waals surface area contributed by atoms with E-state index in [1.807, 2.05) is 22.6 Å². The van der Waals surface area contributed by atoms with E-state index in [1.54, 1.807) is 6.07 Å². The molecule has 1 unspecified atom stereocenters. The van der Waals surface area contributed by atoms with Crippen molar-refractivity contribution in [2.24, 2.45) is 0 Å². The number of hydrogen-bond donors (Lipinski definition) is 3. The molecule has 3 N–H and O–H groups in total. The largest absolute Gasteiger partial charge is 0.416 e. The van der Waals surface area contributed by atoms with Gasteiger partial charge in [0.2, 0.25) is 0 Å². The number of alkyl halides is 3. The third-order valence-corrected chi connectivity index (χ3v) is 4.37. The van der Waals surface area contributed by atoms with Gasteiger partial charge in [-0.1, -0.05) is 11.6 Å². The molecule has 0 aromatic heterocycles. The fourth-order valence-corrected chi connectivity index (χ4v) is 2.86. The zero-order valence-corrected chi connectivity index (χ0v) is 16.8. The molecule has 0 aliphatic heterocycles. The molecule has 158 valence electrons. The minimum absolute atomic E-state index is 0.0412. The van der Waals surface area contributed by atoms with Crippen molar-refractivity contribution in [2.45, 2.75) is 12.3 Å². The molecule has 5 nitrogen and oxygen atoms in total. The van der Waals surface area contributed by atoms with Crippen LogP contribution in [0.5, 0.6) is 0 Å². The average molecular weight is 555 g/mol. The number of aliphatic hydroxyl groups is 1. The van der Waals surface area contributed by atoms with E-state index < -0.39 is 53.5 Å². The Morgan fingerprint density at radius 2 is 1.86 bits per heavy atom. The molecular weight excluding hydrogens is 545 g/mol. The van der Waals surface area contributed by atoms with Crippen LogP contribution in [0, 0.1) is 21.0 Å². The maximum atomic E-state index is 14.3. The molecule has 0 aliphatic rings. The highest BCUT2D eigenvalue weighted by Gasteiger charge is 2.38. The lowest BCUT2D eigenvalue weighted by Gasteiger charge is -2.17. The molecular formula is C16H10ClF6IN2O3. The van der Waals surface area contributed by atoms with Crippen molar-refractivity contribution in [3.63, 3.8) is 0 Å². The fraction of sp³-hybridized carbons (Fsp3) is 0.188. The van der Waals surface area contributed by atoms with Gasteiger partial charge < -0.3 is 10.4 Å². The second-order valence-electron chi connectivity index (χ2n) is 5.46. The van der Waals surface area contributed by atoms with Gasteiger partial charge in [-0.05, 0) is 46.9 Å². The van der Waals surface area contributed by atoms with Crippen molar-refractivity contribution in [3.8, 4) is 0 Å². The summed E-state index contributed by atoms with van der Waals surface area (Å²) in [4.78, 5) is 16.3. The smallest absolute Gasteiger partial charge is 0.381 e. The summed E-state index contributed by atoms with van der Waals surface area (Å²) < 4.78 is 78.8. The number of hydroxylamine groups is 1. The third kappa shape index (κ3) is 5.87. The van der Waals surface area contributed by atoms with Crippen LogP contribution in [0.2, 0.25) is 5.02 Å². The molecule has 0 saturated carbocycles. The van der Waals surface area contributed by atoms with E-state index in [9.17, 15) is 31.1 Å². The average Bonchev–Trinajstić information content (AvgIpc) is 2.62. The fourth-order valence-electron chi connectivity index (χ4n) is 1.96. The van der Waals surface area contributed by atoms with Gasteiger partial charge in [-0.2, -0.15) is 13.2 Å². The van der Waals surface area contributed by atoms with Crippen LogP contribution in [0.15, 0.2) is 24.3 Å². The summed E-state index contributed by atoms with van der Waals surface area (Å²) in [5.41, 5.74) is -0.113. The van der Waals surface area contributed by atoms with Gasteiger partial charge in [-0.25, -0.2) is 18.7 Å². The Hall–Kier alpha value is -1.77. The summed E-state index contributed by atoms with van der Waals surface area (Å²) in [5, 5.41) is 11.2. The van der Waals surface area contributed by atoms with Crippen LogP contribution in [0.1, 0.15) is 10.4 Å². The number of benzene rings is 2. The molecule has 0 radical (unpaired) electrons. The first-order chi connectivity index (χ1) is 13.4. The number of nitrogens with one attached hydrogen (secondary N) is 2. The Morgan fingerprint density at radius 3 is 2.45 bits per heavy atom. The highest BCUT2D eigenvalue weighted by Crippen LogP contribution is 2.32. The Morgan fingerprint density at radius 1 is 1.21 bits per heavy atom. The molecule has 0 bridgehead atoms. The number of anilines is 2. The molecule has 0 fully saturated rings. The first-order valence-corrected chi connectivity index (χ1v) is 8.94. The van der Waals surface area contributed by atoms with Gasteiger partial charge in [0, 0.05) is 3.57 Å². The van der Waals surface area contributed by atoms with E-state index in [0.717, 1.165) is 0 Å². The maximum Gasteiger partial charge on any atom is 0.416 e. The van der Waals surface area contributed by atoms with E-state index in [1.165, 1.54) is 17.6 Å². The van der Waals surface area contributed by atoms with E-state index in [2.05, 4.69) is 10.2 Å². The molecule has 0 heterocycles. The minimum atomic E-state index is -5.01. The summed E-state index contributed by atoms with van der Waals surface area (Å²) in [5.74, 6) is -6.78. The minimum Gasteiger partial charge on any atom is -0.381 e. The Labute approximate surface area is 178 Å². The maximum absolute atomic E-state index is 14.3. The highest BCUT2D eigenvalue weighted by atomic mass is 127. The number of hydrogen-bond acceptors (Lipinski definition) is 4. The van der Waals surface area contributed by atoms with Crippen LogP contribution in [0.4, 0.5) is 37.7 Å². The molecule has 0 saturated heterocycles. The molecule has 2 aromatic rings. The van der Waals surface area contributed by atoms with Gasteiger partial charge >= 0.3 is 6.18 Å². The molecule has 1 amide bonds. The highest BCUT2D eigenvalue weighted by molar-refractivity contribution is 14.1. The Kier molecular flexibility index (Phi) is 7.59. The summed E-state index contributed by atoms with van der Waals surface area (Å²) >= 11 is 7.91. The van der Waals surface area contributed by atoms with Gasteiger partial charge in [-0.15, -0.1) is 0 Å². The van der Waals surface area contributed by atoms with Gasteiger partial charge in [0.05, 0.1) is 22.0 Å². The third-order valence-electron chi connectivity index (χ3n) is 3.38. The number of carbonyl (C=O) groups is 1. The van der Waals surface area contributed by atoms with Crippen LogP contribution in [0.3, 0.4) is 0 Å². The van der Waals surface area contributed by atoms with Crippen molar-refractivity contribution in [1.29, 1.82) is 0 Å². The standard InChI is InChI=1S/C16H10ClF6IN2O3/c17-8-3-6(24)1-2-10(8)25-14-7(4-9(18)12(19)13(14)20)15(28)26-29-5-11(27)16(21,22)23/h1-4,11,25,27H,5H2,(H,26,28). The predicted molar refractivity (Wildman–Crippen MR) is 99.2 cm³/mol. The number of rotatable bonds is 6. The molecule has 29 heavy (non-hydrogen) atoms. The quantitative estimate of drug-likeness (QED) is 0.210. The lowest BCUT2D eigenvalue weighted by molar-refractivity contribution is -0.221. The summed E-state index contributed by atoms with van der Waals surface area (Å²) in [6, 6.07) is 4.71. The molecule has 2 aromatic carbocycles. The second kappa shape index (κ2) is 9.36. The van der Waals surface area contributed by atoms with Crippen molar-refractivity contribution in [3.05, 3.63) is 55.9 Å². The Bertz CT molecular complexity index is 929. The Balaban J connectivity index is 2.30.